The van der Waals surface area contributed by atoms with E-state index in [4.69, 9.17) is 0 Å². The van der Waals surface area contributed by atoms with Crippen molar-refractivity contribution in [1.82, 2.24) is 4.90 Å². The highest BCUT2D eigenvalue weighted by molar-refractivity contribution is 5.63. The third-order valence-corrected chi connectivity index (χ3v) is 2.90. The third kappa shape index (κ3) is 3.89. The predicted molar refractivity (Wildman–Crippen MR) is 74.3 cm³/mol. The van der Waals surface area contributed by atoms with E-state index >= 15 is 0 Å². The number of nitro groups is 1. The number of likely N-dealkylation sites (N-methyl/N-ethyl adjacent to an activating group) is 1. The number of non-ortho nitro benzene ring substituents is 1. The van der Waals surface area contributed by atoms with E-state index in [0.717, 1.165) is 17.9 Å². The van der Waals surface area contributed by atoms with E-state index in [2.05, 4.69) is 22.5 Å². The van der Waals surface area contributed by atoms with Gasteiger partial charge in [0.1, 0.15) is 0 Å². The summed E-state index contributed by atoms with van der Waals surface area (Å²) in [6, 6.07) is 5.27. The Labute approximate surface area is 107 Å². The first-order chi connectivity index (χ1) is 8.43. The number of nitrogens with zero attached hydrogens (tertiary/aromatic N) is 2. The molecule has 1 rings (SSSR count). The van der Waals surface area contributed by atoms with Gasteiger partial charge in [0, 0.05) is 43.1 Å². The lowest BCUT2D eigenvalue weighted by molar-refractivity contribution is -0.384. The van der Waals surface area contributed by atoms with Crippen LogP contribution in [0.4, 0.5) is 17.1 Å². The summed E-state index contributed by atoms with van der Waals surface area (Å²) < 4.78 is 0. The van der Waals surface area contributed by atoms with Crippen LogP contribution in [0.15, 0.2) is 18.2 Å². The third-order valence-electron chi connectivity index (χ3n) is 2.90. The van der Waals surface area contributed by atoms with Gasteiger partial charge in [0.05, 0.1) is 4.92 Å². The van der Waals surface area contributed by atoms with Gasteiger partial charge in [-0.15, -0.1) is 0 Å². The van der Waals surface area contributed by atoms with Gasteiger partial charge in [-0.2, -0.15) is 0 Å². The van der Waals surface area contributed by atoms with Crippen LogP contribution in [0.1, 0.15) is 6.92 Å². The van der Waals surface area contributed by atoms with Crippen molar-refractivity contribution in [2.75, 3.05) is 38.3 Å². The van der Waals surface area contributed by atoms with Gasteiger partial charge in [-0.1, -0.05) is 0 Å². The maximum atomic E-state index is 10.8. The second-order valence-electron chi connectivity index (χ2n) is 4.47. The van der Waals surface area contributed by atoms with E-state index in [0.29, 0.717) is 6.04 Å². The molecule has 0 bridgehead atoms. The molecule has 0 saturated heterocycles. The Morgan fingerprint density at radius 3 is 2.44 bits per heavy atom. The van der Waals surface area contributed by atoms with Crippen LogP contribution in [0.2, 0.25) is 0 Å². The molecule has 0 radical (unpaired) electrons. The van der Waals surface area contributed by atoms with E-state index < -0.39 is 0 Å². The number of hydrogen-bond donors (Lipinski definition) is 2. The topological polar surface area (TPSA) is 70.4 Å². The molecular formula is C12H20N4O2. The molecule has 0 aromatic heterocycles. The molecule has 6 heteroatoms. The van der Waals surface area contributed by atoms with Crippen LogP contribution in [0, 0.1) is 10.1 Å². The average Bonchev–Trinajstić information content (AvgIpc) is 2.35. The van der Waals surface area contributed by atoms with Crippen molar-refractivity contribution in [3.8, 4) is 0 Å². The Balaban J connectivity index is 2.81. The molecule has 18 heavy (non-hydrogen) atoms. The molecule has 2 N–H and O–H groups in total. The number of anilines is 2. The number of nitrogens with one attached hydrogen (secondary N) is 2. The van der Waals surface area contributed by atoms with Gasteiger partial charge < -0.3 is 15.5 Å². The Morgan fingerprint density at radius 1 is 1.33 bits per heavy atom. The molecule has 0 spiro atoms. The molecule has 6 nitrogen and oxygen atoms in total. The molecule has 1 aromatic rings. The number of nitro benzene ring substituents is 1. The van der Waals surface area contributed by atoms with Crippen LogP contribution in [0.5, 0.6) is 0 Å². The molecular weight excluding hydrogens is 232 g/mol. The summed E-state index contributed by atoms with van der Waals surface area (Å²) in [6.07, 6.45) is 0. The standard InChI is InChI=1S/C12H20N4O2/c1-9(15(3)4)8-14-11-5-10(13-2)6-12(7-11)16(17)18/h5-7,9,13-14H,8H2,1-4H3. The fourth-order valence-electron chi connectivity index (χ4n) is 1.41. The smallest absolute Gasteiger partial charge is 0.273 e. The maximum absolute atomic E-state index is 10.8. The monoisotopic (exact) mass is 252 g/mol. The lowest BCUT2D eigenvalue weighted by Gasteiger charge is -2.20. The van der Waals surface area contributed by atoms with E-state index in [1.165, 1.54) is 6.07 Å². The largest absolute Gasteiger partial charge is 0.388 e. The summed E-state index contributed by atoms with van der Waals surface area (Å²) in [4.78, 5) is 12.5. The summed E-state index contributed by atoms with van der Waals surface area (Å²) in [7, 11) is 5.74. The molecule has 1 unspecified atom stereocenters. The Hall–Kier alpha value is -1.82. The van der Waals surface area contributed by atoms with Crippen molar-refractivity contribution < 1.29 is 4.92 Å². The first kappa shape index (κ1) is 14.2. The maximum Gasteiger partial charge on any atom is 0.273 e. The van der Waals surface area contributed by atoms with Gasteiger partial charge in [-0.3, -0.25) is 10.1 Å². The van der Waals surface area contributed by atoms with Crippen LogP contribution in [-0.2, 0) is 0 Å². The van der Waals surface area contributed by atoms with Crippen molar-refractivity contribution >= 4 is 17.1 Å². The minimum absolute atomic E-state index is 0.0851. The zero-order chi connectivity index (χ0) is 13.7. The Bertz CT molecular complexity index is 421. The molecule has 1 atom stereocenters. The van der Waals surface area contributed by atoms with E-state index in [1.54, 1.807) is 13.1 Å². The summed E-state index contributed by atoms with van der Waals surface area (Å²) in [5, 5.41) is 16.9. The van der Waals surface area contributed by atoms with Crippen molar-refractivity contribution in [3.05, 3.63) is 28.3 Å². The highest BCUT2D eigenvalue weighted by Crippen LogP contribution is 2.24. The van der Waals surface area contributed by atoms with Crippen LogP contribution in [0.25, 0.3) is 0 Å². The summed E-state index contributed by atoms with van der Waals surface area (Å²) >= 11 is 0. The van der Waals surface area contributed by atoms with E-state index in [-0.39, 0.29) is 10.6 Å². The highest BCUT2D eigenvalue weighted by Gasteiger charge is 2.10. The van der Waals surface area contributed by atoms with Gasteiger partial charge in [0.25, 0.3) is 5.69 Å². The molecule has 1 aromatic carbocycles. The second-order valence-corrected chi connectivity index (χ2v) is 4.47. The van der Waals surface area contributed by atoms with Crippen molar-refractivity contribution in [3.63, 3.8) is 0 Å². The second kappa shape index (κ2) is 6.20. The lowest BCUT2D eigenvalue weighted by atomic mass is 10.2. The first-order valence-electron chi connectivity index (χ1n) is 5.81. The highest BCUT2D eigenvalue weighted by atomic mass is 16.6. The van der Waals surface area contributed by atoms with Gasteiger partial charge in [-0.25, -0.2) is 0 Å². The normalized spacial score (nSPS) is 12.3. The Morgan fingerprint density at radius 2 is 1.94 bits per heavy atom. The number of rotatable bonds is 6. The van der Waals surface area contributed by atoms with E-state index in [1.807, 2.05) is 20.2 Å². The van der Waals surface area contributed by atoms with Crippen LogP contribution < -0.4 is 10.6 Å². The zero-order valence-electron chi connectivity index (χ0n) is 11.2. The van der Waals surface area contributed by atoms with Crippen LogP contribution in [0.3, 0.4) is 0 Å². The van der Waals surface area contributed by atoms with Crippen molar-refractivity contribution in [1.29, 1.82) is 0 Å². The Kier molecular flexibility index (Phi) is 4.91. The molecule has 0 aliphatic rings. The first-order valence-corrected chi connectivity index (χ1v) is 5.81. The van der Waals surface area contributed by atoms with Gasteiger partial charge in [0.2, 0.25) is 0 Å². The molecule has 0 aliphatic heterocycles. The number of hydrogen-bond acceptors (Lipinski definition) is 5. The summed E-state index contributed by atoms with van der Waals surface area (Å²) in [5.74, 6) is 0. The van der Waals surface area contributed by atoms with Gasteiger partial charge in [0.15, 0.2) is 0 Å². The van der Waals surface area contributed by atoms with Gasteiger partial charge >= 0.3 is 0 Å². The predicted octanol–water partition coefficient (Wildman–Crippen LogP) is 2.00. The van der Waals surface area contributed by atoms with E-state index in [9.17, 15) is 10.1 Å². The number of benzene rings is 1. The molecule has 0 fully saturated rings. The molecule has 0 amide bonds. The minimum atomic E-state index is -0.388. The average molecular weight is 252 g/mol. The fourth-order valence-corrected chi connectivity index (χ4v) is 1.41. The quantitative estimate of drug-likeness (QED) is 0.598. The fraction of sp³-hybridized carbons (Fsp3) is 0.500. The van der Waals surface area contributed by atoms with Crippen molar-refractivity contribution in [2.24, 2.45) is 0 Å². The minimum Gasteiger partial charge on any atom is -0.388 e. The summed E-state index contributed by atoms with van der Waals surface area (Å²) in [6.45, 7) is 2.82. The SMILES string of the molecule is CNc1cc(NCC(C)N(C)C)cc([N+](=O)[O-])c1. The molecule has 0 aliphatic carbocycles. The van der Waals surface area contributed by atoms with Gasteiger partial charge in [-0.05, 0) is 27.1 Å². The van der Waals surface area contributed by atoms with Crippen molar-refractivity contribution in [2.45, 2.75) is 13.0 Å². The molecule has 100 valence electrons. The van der Waals surface area contributed by atoms with Crippen LogP contribution >= 0.6 is 0 Å². The molecule has 0 heterocycles. The summed E-state index contributed by atoms with van der Waals surface area (Å²) in [5.41, 5.74) is 1.56. The van der Waals surface area contributed by atoms with Crippen LogP contribution in [-0.4, -0.2) is 43.6 Å². The molecule has 0 saturated carbocycles. The zero-order valence-corrected chi connectivity index (χ0v) is 11.2. The lowest BCUT2D eigenvalue weighted by Crippen LogP contribution is -2.31.